The molecule has 0 spiro atoms. The average molecular weight is 300 g/mol. The zero-order valence-electron chi connectivity index (χ0n) is 12.2. The Balaban J connectivity index is 1.90. The largest absolute Gasteiger partial charge is 0.290 e. The van der Waals surface area contributed by atoms with Gasteiger partial charge in [-0.15, -0.1) is 11.3 Å². The van der Waals surface area contributed by atoms with Gasteiger partial charge in [0.25, 0.3) is 0 Å². The topological polar surface area (TPSA) is 52.2 Å². The van der Waals surface area contributed by atoms with Crippen molar-refractivity contribution in [3.63, 3.8) is 0 Å². The Morgan fingerprint density at radius 2 is 2.19 bits per heavy atom. The fourth-order valence-corrected chi connectivity index (χ4v) is 3.07. The molecule has 5 nitrogen and oxygen atoms in total. The molecule has 3 aromatic heterocycles. The Morgan fingerprint density at radius 1 is 1.38 bits per heavy atom. The summed E-state index contributed by atoms with van der Waals surface area (Å²) in [6.45, 7) is 6.75. The quantitative estimate of drug-likeness (QED) is 0.549. The molecule has 3 heterocycles. The minimum atomic E-state index is -0.0454. The summed E-state index contributed by atoms with van der Waals surface area (Å²) in [7, 11) is 0. The summed E-state index contributed by atoms with van der Waals surface area (Å²) in [5, 5.41) is 4.12. The van der Waals surface area contributed by atoms with Crippen LogP contribution in [0.3, 0.4) is 0 Å². The summed E-state index contributed by atoms with van der Waals surface area (Å²) in [5.41, 5.74) is 2.48. The van der Waals surface area contributed by atoms with Crippen LogP contribution in [0.25, 0.3) is 11.0 Å². The highest BCUT2D eigenvalue weighted by molar-refractivity contribution is 7.17. The van der Waals surface area contributed by atoms with Gasteiger partial charge in [-0.25, -0.2) is 4.98 Å². The van der Waals surface area contributed by atoms with Crippen LogP contribution < -0.4 is 0 Å². The molecule has 0 radical (unpaired) electrons. The summed E-state index contributed by atoms with van der Waals surface area (Å²) in [6.07, 6.45) is 8.82. The molecule has 0 bridgehead atoms. The Kier molecular flexibility index (Phi) is 3.47. The molecular weight excluding hydrogens is 284 g/mol. The smallest absolute Gasteiger partial charge is 0.194 e. The van der Waals surface area contributed by atoms with Crippen LogP contribution in [0, 0.1) is 13.8 Å². The lowest BCUT2D eigenvalue weighted by Crippen LogP contribution is -1.95. The Morgan fingerprint density at radius 3 is 2.90 bits per heavy atom. The number of allylic oxidation sites excluding steroid dienone is 1. The van der Waals surface area contributed by atoms with E-state index in [-0.39, 0.29) is 5.78 Å². The lowest BCUT2D eigenvalue weighted by Gasteiger charge is -1.93. The van der Waals surface area contributed by atoms with E-state index in [1.165, 1.54) is 4.88 Å². The minimum Gasteiger partial charge on any atom is -0.290 e. The third-order valence-corrected chi connectivity index (χ3v) is 4.20. The van der Waals surface area contributed by atoms with Crippen LogP contribution in [-0.2, 0) is 6.54 Å². The molecule has 3 rings (SSSR count). The van der Waals surface area contributed by atoms with Gasteiger partial charge < -0.3 is 0 Å². The van der Waals surface area contributed by atoms with Crippen LogP contribution in [0.2, 0.25) is 0 Å². The SMILES string of the molecule is CCn1cc(C(=O)/C=C/c2c(C)nc3sc(C)cn23)cn1. The highest BCUT2D eigenvalue weighted by Crippen LogP contribution is 2.21. The summed E-state index contributed by atoms with van der Waals surface area (Å²) >= 11 is 1.64. The Hall–Kier alpha value is -2.21. The van der Waals surface area contributed by atoms with E-state index in [4.69, 9.17) is 0 Å². The van der Waals surface area contributed by atoms with Crippen molar-refractivity contribution < 1.29 is 4.79 Å². The first kappa shape index (κ1) is 13.8. The average Bonchev–Trinajstić information content (AvgIpc) is 3.11. The number of carbonyl (C=O) groups excluding carboxylic acids is 1. The summed E-state index contributed by atoms with van der Waals surface area (Å²) in [5.74, 6) is -0.0454. The molecule has 3 aromatic rings. The van der Waals surface area contributed by atoms with Gasteiger partial charge in [0.1, 0.15) is 0 Å². The second-order valence-corrected chi connectivity index (χ2v) is 6.07. The van der Waals surface area contributed by atoms with E-state index in [1.54, 1.807) is 34.5 Å². The van der Waals surface area contributed by atoms with Gasteiger partial charge in [-0.3, -0.25) is 13.9 Å². The van der Waals surface area contributed by atoms with E-state index < -0.39 is 0 Å². The molecule has 108 valence electrons. The maximum absolute atomic E-state index is 12.2. The standard InChI is InChI=1S/C15H16N4OS/c1-4-18-9-12(7-16-18)14(20)6-5-13-11(3)17-15-19(13)8-10(2)21-15/h5-9H,4H2,1-3H3/b6-5+. The molecule has 0 N–H and O–H groups in total. The van der Waals surface area contributed by atoms with Crippen LogP contribution in [0.1, 0.15) is 33.5 Å². The highest BCUT2D eigenvalue weighted by Gasteiger charge is 2.10. The van der Waals surface area contributed by atoms with Crippen LogP contribution in [0.15, 0.2) is 24.7 Å². The van der Waals surface area contributed by atoms with E-state index in [0.29, 0.717) is 5.56 Å². The molecule has 21 heavy (non-hydrogen) atoms. The maximum atomic E-state index is 12.2. The number of thiazole rings is 1. The van der Waals surface area contributed by atoms with Crippen molar-refractivity contribution in [3.05, 3.63) is 46.5 Å². The maximum Gasteiger partial charge on any atom is 0.194 e. The molecule has 0 aliphatic rings. The molecule has 0 unspecified atom stereocenters. The van der Waals surface area contributed by atoms with Crippen molar-refractivity contribution in [3.8, 4) is 0 Å². The van der Waals surface area contributed by atoms with Crippen molar-refractivity contribution in [2.75, 3.05) is 0 Å². The molecule has 0 fully saturated rings. The predicted octanol–water partition coefficient (Wildman–Crippen LogP) is 3.13. The monoisotopic (exact) mass is 300 g/mol. The minimum absolute atomic E-state index is 0.0454. The second kappa shape index (κ2) is 5.29. The molecule has 0 atom stereocenters. The molecular formula is C15H16N4OS. The van der Waals surface area contributed by atoms with Gasteiger partial charge in [-0.2, -0.15) is 5.10 Å². The molecule has 0 aromatic carbocycles. The number of imidazole rings is 1. The van der Waals surface area contributed by atoms with Gasteiger partial charge in [0, 0.05) is 23.8 Å². The Labute approximate surface area is 126 Å². The number of carbonyl (C=O) groups is 1. The van der Waals surface area contributed by atoms with E-state index in [2.05, 4.69) is 10.1 Å². The van der Waals surface area contributed by atoms with Crippen LogP contribution in [0.5, 0.6) is 0 Å². The number of ketones is 1. The molecule has 0 amide bonds. The van der Waals surface area contributed by atoms with Crippen molar-refractivity contribution >= 4 is 28.2 Å². The van der Waals surface area contributed by atoms with Crippen LogP contribution in [-0.4, -0.2) is 24.9 Å². The first-order chi connectivity index (χ1) is 10.1. The van der Waals surface area contributed by atoms with Crippen molar-refractivity contribution in [1.29, 1.82) is 0 Å². The van der Waals surface area contributed by atoms with Crippen LogP contribution >= 0.6 is 11.3 Å². The normalized spacial score (nSPS) is 11.8. The van der Waals surface area contributed by atoms with Crippen molar-refractivity contribution in [2.24, 2.45) is 0 Å². The molecule has 0 saturated carbocycles. The number of nitrogens with zero attached hydrogens (tertiary/aromatic N) is 4. The van der Waals surface area contributed by atoms with Gasteiger partial charge >= 0.3 is 0 Å². The molecule has 0 saturated heterocycles. The van der Waals surface area contributed by atoms with Gasteiger partial charge in [0.05, 0.1) is 23.1 Å². The van der Waals surface area contributed by atoms with Gasteiger partial charge in [-0.05, 0) is 32.9 Å². The molecule has 0 aliphatic carbocycles. The highest BCUT2D eigenvalue weighted by atomic mass is 32.1. The zero-order valence-corrected chi connectivity index (χ0v) is 13.0. The third kappa shape index (κ3) is 2.54. The van der Waals surface area contributed by atoms with Crippen LogP contribution in [0.4, 0.5) is 0 Å². The summed E-state index contributed by atoms with van der Waals surface area (Å²) < 4.78 is 3.76. The lowest BCUT2D eigenvalue weighted by molar-refractivity contribution is 0.104. The van der Waals surface area contributed by atoms with Crippen molar-refractivity contribution in [1.82, 2.24) is 19.2 Å². The zero-order chi connectivity index (χ0) is 15.0. The first-order valence-corrected chi connectivity index (χ1v) is 7.60. The van der Waals surface area contributed by atoms with E-state index in [9.17, 15) is 4.79 Å². The van der Waals surface area contributed by atoms with Crippen molar-refractivity contribution in [2.45, 2.75) is 27.3 Å². The van der Waals surface area contributed by atoms with E-state index in [0.717, 1.165) is 22.9 Å². The first-order valence-electron chi connectivity index (χ1n) is 6.78. The number of rotatable bonds is 4. The number of hydrogen-bond donors (Lipinski definition) is 0. The van der Waals surface area contributed by atoms with E-state index in [1.807, 2.05) is 37.4 Å². The second-order valence-electron chi connectivity index (χ2n) is 4.86. The van der Waals surface area contributed by atoms with Gasteiger partial charge in [-0.1, -0.05) is 0 Å². The number of hydrogen-bond acceptors (Lipinski definition) is 4. The number of fused-ring (bicyclic) bond motifs is 1. The molecule has 0 aliphatic heterocycles. The number of aromatic nitrogens is 4. The van der Waals surface area contributed by atoms with Gasteiger partial charge in [0.2, 0.25) is 0 Å². The fraction of sp³-hybridized carbons (Fsp3) is 0.267. The predicted molar refractivity (Wildman–Crippen MR) is 83.8 cm³/mol. The van der Waals surface area contributed by atoms with E-state index >= 15 is 0 Å². The molecule has 6 heteroatoms. The Bertz CT molecular complexity index is 837. The fourth-order valence-electron chi connectivity index (χ4n) is 2.20. The summed E-state index contributed by atoms with van der Waals surface area (Å²) in [6, 6.07) is 0. The van der Waals surface area contributed by atoms with Gasteiger partial charge in [0.15, 0.2) is 10.7 Å². The lowest BCUT2D eigenvalue weighted by atomic mass is 10.2. The third-order valence-electron chi connectivity index (χ3n) is 3.30. The number of aryl methyl sites for hydroxylation is 3. The summed E-state index contributed by atoms with van der Waals surface area (Å²) in [4.78, 5) is 18.8.